The van der Waals surface area contributed by atoms with Gasteiger partial charge in [-0.05, 0) is 55.5 Å². The van der Waals surface area contributed by atoms with E-state index in [9.17, 15) is 8.42 Å². The Bertz CT molecular complexity index is 1010. The van der Waals surface area contributed by atoms with Crippen LogP contribution < -0.4 is 9.47 Å². The third kappa shape index (κ3) is 4.32. The van der Waals surface area contributed by atoms with Crippen LogP contribution in [0.15, 0.2) is 57.9 Å². The molecule has 0 fully saturated rings. The van der Waals surface area contributed by atoms with Crippen molar-refractivity contribution in [1.29, 1.82) is 0 Å². The Labute approximate surface area is 163 Å². The SMILES string of the molecule is CCOc1ccc(-c2noc(CN(C)S(=O)(=O)c3ccc(OC)cc3)n2)cc1. The van der Waals surface area contributed by atoms with Crippen molar-refractivity contribution < 1.29 is 22.4 Å². The van der Waals surface area contributed by atoms with Crippen LogP contribution in [-0.2, 0) is 16.6 Å². The maximum atomic E-state index is 12.7. The summed E-state index contributed by atoms with van der Waals surface area (Å²) in [6.07, 6.45) is 0. The standard InChI is InChI=1S/C19H21N3O5S/c1-4-26-16-7-5-14(6-8-16)19-20-18(27-21-19)13-22(2)28(23,24)17-11-9-15(25-3)10-12-17/h5-12H,4,13H2,1-3H3. The maximum Gasteiger partial charge on any atom is 0.243 e. The van der Waals surface area contributed by atoms with Gasteiger partial charge in [-0.2, -0.15) is 9.29 Å². The second-order valence-electron chi connectivity index (χ2n) is 5.91. The minimum absolute atomic E-state index is 0.0433. The van der Waals surface area contributed by atoms with Crippen molar-refractivity contribution in [1.82, 2.24) is 14.4 Å². The Morgan fingerprint density at radius 3 is 2.29 bits per heavy atom. The zero-order valence-corrected chi connectivity index (χ0v) is 16.6. The molecule has 0 unspecified atom stereocenters. The lowest BCUT2D eigenvalue weighted by Crippen LogP contribution is -2.26. The van der Waals surface area contributed by atoms with Gasteiger partial charge in [0.15, 0.2) is 0 Å². The van der Waals surface area contributed by atoms with Gasteiger partial charge in [-0.1, -0.05) is 5.16 Å². The first-order valence-corrected chi connectivity index (χ1v) is 10.0. The van der Waals surface area contributed by atoms with Gasteiger partial charge in [0, 0.05) is 12.6 Å². The molecule has 0 atom stereocenters. The highest BCUT2D eigenvalue weighted by atomic mass is 32.2. The van der Waals surface area contributed by atoms with Crippen LogP contribution in [0.25, 0.3) is 11.4 Å². The third-order valence-corrected chi connectivity index (χ3v) is 5.83. The van der Waals surface area contributed by atoms with Crippen LogP contribution in [0.3, 0.4) is 0 Å². The van der Waals surface area contributed by atoms with Crippen LogP contribution in [0, 0.1) is 0 Å². The lowest BCUT2D eigenvalue weighted by atomic mass is 10.2. The number of hydrogen-bond acceptors (Lipinski definition) is 7. The van der Waals surface area contributed by atoms with Gasteiger partial charge in [0.2, 0.25) is 21.7 Å². The van der Waals surface area contributed by atoms with Crippen LogP contribution >= 0.6 is 0 Å². The summed E-state index contributed by atoms with van der Waals surface area (Å²) in [5.74, 6) is 1.91. The minimum Gasteiger partial charge on any atom is -0.497 e. The third-order valence-electron chi connectivity index (χ3n) is 4.02. The van der Waals surface area contributed by atoms with Gasteiger partial charge in [0.25, 0.3) is 0 Å². The molecule has 148 valence electrons. The van der Waals surface area contributed by atoms with Crippen molar-refractivity contribution in [3.8, 4) is 22.9 Å². The van der Waals surface area contributed by atoms with E-state index in [1.807, 2.05) is 31.2 Å². The summed E-state index contributed by atoms with van der Waals surface area (Å²) < 4.78 is 42.2. The first kappa shape index (κ1) is 19.8. The molecule has 0 spiro atoms. The van der Waals surface area contributed by atoms with E-state index in [0.717, 1.165) is 15.6 Å². The molecule has 8 nitrogen and oxygen atoms in total. The number of ether oxygens (including phenoxy) is 2. The van der Waals surface area contributed by atoms with Gasteiger partial charge in [-0.3, -0.25) is 0 Å². The van der Waals surface area contributed by atoms with E-state index >= 15 is 0 Å². The fraction of sp³-hybridized carbons (Fsp3) is 0.263. The molecule has 0 N–H and O–H groups in total. The predicted octanol–water partition coefficient (Wildman–Crippen LogP) is 2.96. The molecule has 0 saturated heterocycles. The normalized spacial score (nSPS) is 11.6. The summed E-state index contributed by atoms with van der Waals surface area (Å²) in [7, 11) is -0.716. The topological polar surface area (TPSA) is 94.8 Å². The monoisotopic (exact) mass is 403 g/mol. The van der Waals surface area contributed by atoms with Gasteiger partial charge < -0.3 is 14.0 Å². The molecule has 0 bridgehead atoms. The van der Waals surface area contributed by atoms with E-state index in [1.54, 1.807) is 12.1 Å². The molecular weight excluding hydrogens is 382 g/mol. The zero-order valence-electron chi connectivity index (χ0n) is 15.8. The van der Waals surface area contributed by atoms with Crippen molar-refractivity contribution in [2.75, 3.05) is 20.8 Å². The highest BCUT2D eigenvalue weighted by molar-refractivity contribution is 7.89. The molecule has 0 radical (unpaired) electrons. The average molecular weight is 403 g/mol. The van der Waals surface area contributed by atoms with Gasteiger partial charge in [-0.15, -0.1) is 0 Å². The van der Waals surface area contributed by atoms with Gasteiger partial charge in [-0.25, -0.2) is 8.42 Å². The summed E-state index contributed by atoms with van der Waals surface area (Å²) in [4.78, 5) is 4.44. The molecule has 1 heterocycles. The molecule has 1 aromatic heterocycles. The largest absolute Gasteiger partial charge is 0.497 e. The number of aromatic nitrogens is 2. The Morgan fingerprint density at radius 1 is 1.04 bits per heavy atom. The molecule has 0 aliphatic heterocycles. The summed E-state index contributed by atoms with van der Waals surface area (Å²) in [5, 5.41) is 3.93. The lowest BCUT2D eigenvalue weighted by molar-refractivity contribution is 0.336. The molecule has 3 rings (SSSR count). The number of hydrogen-bond donors (Lipinski definition) is 0. The summed E-state index contributed by atoms with van der Waals surface area (Å²) in [5.41, 5.74) is 0.749. The lowest BCUT2D eigenvalue weighted by Gasteiger charge is -2.15. The number of methoxy groups -OCH3 is 1. The first-order valence-electron chi connectivity index (χ1n) is 8.60. The molecule has 2 aromatic carbocycles. The van der Waals surface area contributed by atoms with Crippen molar-refractivity contribution >= 4 is 10.0 Å². The smallest absolute Gasteiger partial charge is 0.243 e. The quantitative estimate of drug-likeness (QED) is 0.571. The summed E-state index contributed by atoms with van der Waals surface area (Å²) in [6, 6.07) is 13.4. The van der Waals surface area contributed by atoms with Crippen LogP contribution in [0.5, 0.6) is 11.5 Å². The van der Waals surface area contributed by atoms with Gasteiger partial charge >= 0.3 is 0 Å². The predicted molar refractivity (Wildman–Crippen MR) is 103 cm³/mol. The fourth-order valence-corrected chi connectivity index (χ4v) is 3.63. The van der Waals surface area contributed by atoms with E-state index in [2.05, 4.69) is 10.1 Å². The molecule has 0 aliphatic carbocycles. The van der Waals surface area contributed by atoms with Crippen molar-refractivity contribution in [3.05, 3.63) is 54.4 Å². The average Bonchev–Trinajstić information content (AvgIpc) is 3.17. The van der Waals surface area contributed by atoms with Crippen molar-refractivity contribution in [2.24, 2.45) is 0 Å². The molecule has 28 heavy (non-hydrogen) atoms. The number of rotatable bonds is 8. The zero-order chi connectivity index (χ0) is 20.1. The molecular formula is C19H21N3O5S. The molecule has 3 aromatic rings. The fourth-order valence-electron chi connectivity index (χ4n) is 2.51. The number of nitrogens with zero attached hydrogens (tertiary/aromatic N) is 3. The van der Waals surface area contributed by atoms with E-state index in [0.29, 0.717) is 18.2 Å². The van der Waals surface area contributed by atoms with Crippen molar-refractivity contribution in [2.45, 2.75) is 18.4 Å². The second-order valence-corrected chi connectivity index (χ2v) is 7.95. The molecule has 9 heteroatoms. The Morgan fingerprint density at radius 2 is 1.68 bits per heavy atom. The van der Waals surface area contributed by atoms with Crippen molar-refractivity contribution in [3.63, 3.8) is 0 Å². The number of benzene rings is 2. The Balaban J connectivity index is 1.72. The van der Waals surface area contributed by atoms with Gasteiger partial charge in [0.05, 0.1) is 25.2 Å². The van der Waals surface area contributed by atoms with Crippen LogP contribution in [0.4, 0.5) is 0 Å². The van der Waals surface area contributed by atoms with E-state index in [1.165, 1.54) is 26.3 Å². The van der Waals surface area contributed by atoms with E-state index < -0.39 is 10.0 Å². The summed E-state index contributed by atoms with van der Waals surface area (Å²) in [6.45, 7) is 2.45. The van der Waals surface area contributed by atoms with E-state index in [4.69, 9.17) is 14.0 Å². The van der Waals surface area contributed by atoms with Gasteiger partial charge in [0.1, 0.15) is 11.5 Å². The number of sulfonamides is 1. The van der Waals surface area contributed by atoms with Crippen LogP contribution in [0.2, 0.25) is 0 Å². The Hall–Kier alpha value is -2.91. The highest BCUT2D eigenvalue weighted by Crippen LogP contribution is 2.22. The minimum atomic E-state index is -3.70. The maximum absolute atomic E-state index is 12.7. The first-order chi connectivity index (χ1) is 13.4. The van der Waals surface area contributed by atoms with Crippen LogP contribution in [-0.4, -0.2) is 43.6 Å². The van der Waals surface area contributed by atoms with E-state index in [-0.39, 0.29) is 17.3 Å². The molecule has 0 aliphatic rings. The van der Waals surface area contributed by atoms with Crippen LogP contribution in [0.1, 0.15) is 12.8 Å². The molecule has 0 saturated carbocycles. The second kappa shape index (κ2) is 8.41. The summed E-state index contributed by atoms with van der Waals surface area (Å²) >= 11 is 0. The highest BCUT2D eigenvalue weighted by Gasteiger charge is 2.23. The Kier molecular flexibility index (Phi) is 5.96. The molecule has 0 amide bonds.